The van der Waals surface area contributed by atoms with Crippen LogP contribution in [-0.4, -0.2) is 32.1 Å². The maximum Gasteiger partial charge on any atom is 0.435 e. The van der Waals surface area contributed by atoms with Crippen molar-refractivity contribution < 1.29 is 22.4 Å². The van der Waals surface area contributed by atoms with Crippen molar-refractivity contribution in [2.75, 3.05) is 6.54 Å². The van der Waals surface area contributed by atoms with Crippen molar-refractivity contribution >= 4 is 28.8 Å². The van der Waals surface area contributed by atoms with E-state index in [9.17, 15) is 18.0 Å². The van der Waals surface area contributed by atoms with E-state index in [0.29, 0.717) is 27.7 Å². The number of thiophene rings is 1. The van der Waals surface area contributed by atoms with Gasteiger partial charge in [-0.1, -0.05) is 42.4 Å². The number of hydrogen-bond donors (Lipinski definition) is 0. The number of amides is 1. The van der Waals surface area contributed by atoms with Gasteiger partial charge in [-0.15, -0.1) is 11.3 Å². The summed E-state index contributed by atoms with van der Waals surface area (Å²) in [4.78, 5) is 19.0. The van der Waals surface area contributed by atoms with E-state index in [1.807, 2.05) is 6.07 Å². The van der Waals surface area contributed by atoms with Crippen LogP contribution in [0, 0.1) is 0 Å². The minimum Gasteiger partial charge on any atom is -0.451 e. The van der Waals surface area contributed by atoms with E-state index in [1.54, 1.807) is 29.2 Å². The predicted molar refractivity (Wildman–Crippen MR) is 125 cm³/mol. The van der Waals surface area contributed by atoms with Crippen LogP contribution in [0.1, 0.15) is 33.3 Å². The van der Waals surface area contributed by atoms with Crippen LogP contribution in [0.5, 0.6) is 0 Å². The fourth-order valence-corrected chi connectivity index (χ4v) is 5.74. The molecule has 4 heterocycles. The Balaban J connectivity index is 1.64. The number of halogens is 4. The van der Waals surface area contributed by atoms with Crippen LogP contribution in [0.15, 0.2) is 66.3 Å². The molecule has 0 bridgehead atoms. The molecule has 0 N–H and O–H groups in total. The SMILES string of the molecule is C=CC(=O)N1Cc2sc(Cl)cc2[C@H](c2ccccc2-c2cn(Cc3cocn3)nc2C(F)(F)F)C1. The van der Waals surface area contributed by atoms with E-state index < -0.39 is 11.9 Å². The summed E-state index contributed by atoms with van der Waals surface area (Å²) in [5.41, 5.74) is 1.35. The molecular weight excluding hydrogens is 501 g/mol. The molecule has 35 heavy (non-hydrogen) atoms. The molecule has 180 valence electrons. The Hall–Kier alpha value is -3.37. The third-order valence-electron chi connectivity index (χ3n) is 5.87. The molecule has 6 nitrogen and oxygen atoms in total. The number of hydrogen-bond acceptors (Lipinski definition) is 5. The zero-order valence-corrected chi connectivity index (χ0v) is 19.7. The van der Waals surface area contributed by atoms with E-state index in [0.717, 1.165) is 10.4 Å². The first-order chi connectivity index (χ1) is 16.7. The molecule has 3 aromatic heterocycles. The highest BCUT2D eigenvalue weighted by Crippen LogP contribution is 2.45. The Morgan fingerprint density at radius 2 is 2.09 bits per heavy atom. The highest BCUT2D eigenvalue weighted by molar-refractivity contribution is 7.16. The second-order valence-corrected chi connectivity index (χ2v) is 9.83. The van der Waals surface area contributed by atoms with E-state index in [1.165, 1.54) is 40.9 Å². The summed E-state index contributed by atoms with van der Waals surface area (Å²) in [6.07, 6.45) is 0.498. The predicted octanol–water partition coefficient (Wildman–Crippen LogP) is 5.98. The molecular formula is C24H18ClF3N4O2S. The Labute approximate surface area is 207 Å². The standard InChI is InChI=1S/C24H18ClF3N4O2S/c1-2-22(33)31-9-18(17-7-21(25)35-20(17)11-31)15-5-3-4-6-16(15)19-10-32(8-14-12-34-13-29-14)30-23(19)24(26,27)28/h2-7,10,12-13,18H,1,8-9,11H2/t18-/m0/s1. The highest BCUT2D eigenvalue weighted by atomic mass is 35.5. The summed E-state index contributed by atoms with van der Waals surface area (Å²) in [5, 5.41) is 3.84. The van der Waals surface area contributed by atoms with Crippen LogP contribution in [0.25, 0.3) is 11.1 Å². The van der Waals surface area contributed by atoms with Gasteiger partial charge in [0.15, 0.2) is 12.1 Å². The second-order valence-electron chi connectivity index (χ2n) is 8.06. The molecule has 5 rings (SSSR count). The monoisotopic (exact) mass is 518 g/mol. The number of alkyl halides is 3. The summed E-state index contributed by atoms with van der Waals surface area (Å²) in [6, 6.07) is 8.71. The molecule has 0 unspecified atom stereocenters. The molecule has 0 saturated carbocycles. The van der Waals surface area contributed by atoms with E-state index in [4.69, 9.17) is 16.0 Å². The highest BCUT2D eigenvalue weighted by Gasteiger charge is 2.39. The quantitative estimate of drug-likeness (QED) is 0.305. The first-order valence-corrected chi connectivity index (χ1v) is 11.7. The summed E-state index contributed by atoms with van der Waals surface area (Å²) in [7, 11) is 0. The molecule has 0 saturated heterocycles. The lowest BCUT2D eigenvalue weighted by Crippen LogP contribution is -2.37. The van der Waals surface area contributed by atoms with Gasteiger partial charge in [0, 0.05) is 29.1 Å². The van der Waals surface area contributed by atoms with Crippen LogP contribution in [0.4, 0.5) is 13.2 Å². The first-order valence-electron chi connectivity index (χ1n) is 10.5. The number of oxazole rings is 1. The Bertz CT molecular complexity index is 1390. The molecule has 1 amide bonds. The summed E-state index contributed by atoms with van der Waals surface area (Å²) in [6.45, 7) is 4.26. The van der Waals surface area contributed by atoms with Crippen molar-refractivity contribution in [3.63, 3.8) is 0 Å². The van der Waals surface area contributed by atoms with Crippen molar-refractivity contribution in [3.8, 4) is 11.1 Å². The third kappa shape index (κ3) is 4.51. The maximum atomic E-state index is 14.1. The third-order valence-corrected chi connectivity index (χ3v) is 7.14. The van der Waals surface area contributed by atoms with Crippen LogP contribution in [0.2, 0.25) is 4.34 Å². The number of nitrogens with zero attached hydrogens (tertiary/aromatic N) is 4. The average molecular weight is 519 g/mol. The maximum absolute atomic E-state index is 14.1. The van der Waals surface area contributed by atoms with Crippen molar-refractivity contribution in [2.45, 2.75) is 25.2 Å². The molecule has 1 atom stereocenters. The lowest BCUT2D eigenvalue weighted by molar-refractivity contribution is -0.141. The molecule has 0 aliphatic carbocycles. The molecule has 1 aliphatic heterocycles. The number of rotatable bonds is 5. The van der Waals surface area contributed by atoms with Crippen molar-refractivity contribution in [1.29, 1.82) is 0 Å². The molecule has 4 aromatic rings. The van der Waals surface area contributed by atoms with E-state index >= 15 is 0 Å². The largest absolute Gasteiger partial charge is 0.451 e. The minimum absolute atomic E-state index is 0.0249. The van der Waals surface area contributed by atoms with Crippen LogP contribution < -0.4 is 0 Å². The van der Waals surface area contributed by atoms with E-state index in [2.05, 4.69) is 16.7 Å². The average Bonchev–Trinajstić information content (AvgIpc) is 3.57. The number of benzene rings is 1. The second kappa shape index (κ2) is 9.01. The summed E-state index contributed by atoms with van der Waals surface area (Å²) < 4.78 is 48.9. The normalized spacial score (nSPS) is 15.8. The topological polar surface area (TPSA) is 64.2 Å². The van der Waals surface area contributed by atoms with Gasteiger partial charge in [0.25, 0.3) is 0 Å². The van der Waals surface area contributed by atoms with Crippen molar-refractivity contribution in [3.05, 3.63) is 93.6 Å². The van der Waals surface area contributed by atoms with Crippen LogP contribution >= 0.6 is 22.9 Å². The number of fused-ring (bicyclic) bond motifs is 1. The van der Waals surface area contributed by atoms with Gasteiger partial charge < -0.3 is 9.32 Å². The Morgan fingerprint density at radius 3 is 2.80 bits per heavy atom. The van der Waals surface area contributed by atoms with Gasteiger partial charge in [-0.3, -0.25) is 9.48 Å². The van der Waals surface area contributed by atoms with Gasteiger partial charge in [0.2, 0.25) is 5.91 Å². The fourth-order valence-electron chi connectivity index (χ4n) is 4.38. The van der Waals surface area contributed by atoms with Gasteiger partial charge >= 0.3 is 6.18 Å². The van der Waals surface area contributed by atoms with Crippen molar-refractivity contribution in [1.82, 2.24) is 19.7 Å². The van der Waals surface area contributed by atoms with Crippen LogP contribution in [0.3, 0.4) is 0 Å². The Morgan fingerprint density at radius 1 is 1.29 bits per heavy atom. The number of aromatic nitrogens is 3. The molecule has 11 heteroatoms. The van der Waals surface area contributed by atoms with E-state index in [-0.39, 0.29) is 30.5 Å². The molecule has 0 fully saturated rings. The smallest absolute Gasteiger partial charge is 0.435 e. The number of carbonyl (C=O) groups is 1. The molecule has 0 spiro atoms. The lowest BCUT2D eigenvalue weighted by Gasteiger charge is -2.33. The molecule has 1 aromatic carbocycles. The Kier molecular flexibility index (Phi) is 6.02. The molecule has 1 aliphatic rings. The first kappa shape index (κ1) is 23.4. The van der Waals surface area contributed by atoms with Gasteiger partial charge in [-0.2, -0.15) is 18.3 Å². The molecule has 0 radical (unpaired) electrons. The van der Waals surface area contributed by atoms with Gasteiger partial charge in [-0.25, -0.2) is 4.98 Å². The zero-order valence-electron chi connectivity index (χ0n) is 18.1. The van der Waals surface area contributed by atoms with Gasteiger partial charge in [0.05, 0.1) is 17.4 Å². The summed E-state index contributed by atoms with van der Waals surface area (Å²) >= 11 is 7.66. The van der Waals surface area contributed by atoms with Gasteiger partial charge in [0.1, 0.15) is 12.0 Å². The number of carbonyl (C=O) groups excluding carboxylic acids is 1. The minimum atomic E-state index is -4.67. The fraction of sp³-hybridized carbons (Fsp3) is 0.208. The zero-order chi connectivity index (χ0) is 24.7. The summed E-state index contributed by atoms with van der Waals surface area (Å²) in [5.74, 6) is -0.623. The lowest BCUT2D eigenvalue weighted by atomic mass is 9.84. The van der Waals surface area contributed by atoms with Crippen LogP contribution in [-0.2, 0) is 24.1 Å². The van der Waals surface area contributed by atoms with Crippen molar-refractivity contribution in [2.24, 2.45) is 0 Å². The van der Waals surface area contributed by atoms with Gasteiger partial charge in [-0.05, 0) is 28.8 Å².